The summed E-state index contributed by atoms with van der Waals surface area (Å²) in [6, 6.07) is 6.75. The first kappa shape index (κ1) is 18.7. The first-order chi connectivity index (χ1) is 12.4. The Morgan fingerprint density at radius 1 is 0.960 bits per heavy atom. The van der Waals surface area contributed by atoms with Crippen LogP contribution in [0.1, 0.15) is 74.5 Å². The predicted octanol–water partition coefficient (Wildman–Crippen LogP) is 5.30. The number of ether oxygens (including phenoxy) is 1. The van der Waals surface area contributed by atoms with Crippen LogP contribution in [-0.2, 0) is 17.6 Å². The van der Waals surface area contributed by atoms with Crippen LogP contribution in [0, 0.1) is 0 Å². The number of nitrogens with one attached hydrogen (secondary N) is 1. The molecule has 0 amide bonds. The third-order valence-electron chi connectivity index (χ3n) is 5.64. The Bertz CT molecular complexity index is 517. The summed E-state index contributed by atoms with van der Waals surface area (Å²) in [5, 5.41) is 3.22. The molecule has 2 heteroatoms. The van der Waals surface area contributed by atoms with Gasteiger partial charge in [0, 0.05) is 0 Å². The van der Waals surface area contributed by atoms with Gasteiger partial charge in [0.15, 0.2) is 0 Å². The molecule has 1 saturated heterocycles. The molecule has 0 unspecified atom stereocenters. The maximum atomic E-state index is 6.13. The SMILES string of the molecule is C1=Cc2c(cccc2CCOC2CCCCCC2)CC1.C1CCNC1. The van der Waals surface area contributed by atoms with Crippen LogP contribution >= 0.6 is 0 Å². The molecule has 2 aliphatic carbocycles. The molecule has 0 radical (unpaired) electrons. The molecule has 0 spiro atoms. The number of allylic oxidation sites excluding steroid dienone is 1. The molecule has 1 aliphatic heterocycles. The molecule has 0 atom stereocenters. The number of hydrogen-bond acceptors (Lipinski definition) is 2. The average molecular weight is 342 g/mol. The maximum Gasteiger partial charge on any atom is 0.0575 e. The van der Waals surface area contributed by atoms with Crippen LogP contribution in [0.5, 0.6) is 0 Å². The predicted molar refractivity (Wildman–Crippen MR) is 107 cm³/mol. The molecule has 1 saturated carbocycles. The zero-order valence-corrected chi connectivity index (χ0v) is 15.8. The quantitative estimate of drug-likeness (QED) is 0.751. The van der Waals surface area contributed by atoms with Gasteiger partial charge in [0.25, 0.3) is 0 Å². The molecule has 2 fully saturated rings. The van der Waals surface area contributed by atoms with Gasteiger partial charge >= 0.3 is 0 Å². The average Bonchev–Trinajstić information content (AvgIpc) is 3.14. The lowest BCUT2D eigenvalue weighted by Crippen LogP contribution is -2.14. The van der Waals surface area contributed by atoms with E-state index in [2.05, 4.69) is 35.7 Å². The van der Waals surface area contributed by atoms with Crippen molar-refractivity contribution in [1.82, 2.24) is 5.32 Å². The fourth-order valence-electron chi connectivity index (χ4n) is 4.13. The van der Waals surface area contributed by atoms with E-state index in [0.717, 1.165) is 13.0 Å². The second-order valence-electron chi connectivity index (χ2n) is 7.62. The summed E-state index contributed by atoms with van der Waals surface area (Å²) < 4.78 is 6.13. The summed E-state index contributed by atoms with van der Waals surface area (Å²) in [6.07, 6.45) is 19.4. The van der Waals surface area contributed by atoms with Crippen molar-refractivity contribution in [2.24, 2.45) is 0 Å². The Balaban J connectivity index is 0.000000314. The van der Waals surface area contributed by atoms with Crippen LogP contribution in [0.3, 0.4) is 0 Å². The highest BCUT2D eigenvalue weighted by Gasteiger charge is 2.13. The highest BCUT2D eigenvalue weighted by Crippen LogP contribution is 2.24. The van der Waals surface area contributed by atoms with E-state index >= 15 is 0 Å². The molecule has 0 aromatic heterocycles. The van der Waals surface area contributed by atoms with Gasteiger partial charge in [-0.1, -0.05) is 56.0 Å². The normalized spacial score (nSPS) is 20.5. The Morgan fingerprint density at radius 2 is 1.76 bits per heavy atom. The molecule has 1 N–H and O–H groups in total. The first-order valence-electron chi connectivity index (χ1n) is 10.5. The molecule has 4 rings (SSSR count). The standard InChI is InChI=1S/C19H26O.C4H9N/c1-2-4-12-18(11-3-1)20-15-14-17-10-7-9-16-8-5-6-13-19(16)17;1-2-4-5-3-1/h6-7,9-10,13,18H,1-5,8,11-12,14-15H2;5H,1-4H2. The smallest absolute Gasteiger partial charge is 0.0575 e. The Labute approximate surface area is 154 Å². The Kier molecular flexibility index (Phi) is 8.05. The minimum absolute atomic E-state index is 0.521. The lowest BCUT2D eigenvalue weighted by atomic mass is 9.92. The summed E-state index contributed by atoms with van der Waals surface area (Å²) >= 11 is 0. The molecular formula is C23H35NO. The molecule has 1 heterocycles. The summed E-state index contributed by atoms with van der Waals surface area (Å²) in [7, 11) is 0. The van der Waals surface area contributed by atoms with Crippen molar-refractivity contribution in [3.8, 4) is 0 Å². The van der Waals surface area contributed by atoms with E-state index in [4.69, 9.17) is 4.74 Å². The van der Waals surface area contributed by atoms with Gasteiger partial charge in [0.2, 0.25) is 0 Å². The van der Waals surface area contributed by atoms with Crippen LogP contribution in [-0.4, -0.2) is 25.8 Å². The fourth-order valence-corrected chi connectivity index (χ4v) is 4.13. The molecule has 25 heavy (non-hydrogen) atoms. The van der Waals surface area contributed by atoms with Gasteiger partial charge in [0.05, 0.1) is 12.7 Å². The molecular weight excluding hydrogens is 306 g/mol. The van der Waals surface area contributed by atoms with Gasteiger partial charge in [-0.2, -0.15) is 0 Å². The molecule has 1 aromatic rings. The molecule has 3 aliphatic rings. The number of benzene rings is 1. The van der Waals surface area contributed by atoms with E-state index in [1.165, 1.54) is 94.0 Å². The van der Waals surface area contributed by atoms with Crippen LogP contribution in [0.2, 0.25) is 0 Å². The molecule has 138 valence electrons. The van der Waals surface area contributed by atoms with Gasteiger partial charge in [-0.3, -0.25) is 0 Å². The summed E-state index contributed by atoms with van der Waals surface area (Å²) in [5.41, 5.74) is 4.44. The third kappa shape index (κ3) is 6.27. The number of rotatable bonds is 4. The van der Waals surface area contributed by atoms with Crippen molar-refractivity contribution in [3.05, 3.63) is 41.0 Å². The summed E-state index contributed by atoms with van der Waals surface area (Å²) in [4.78, 5) is 0. The van der Waals surface area contributed by atoms with Gasteiger partial charge in [-0.05, 0) is 74.7 Å². The van der Waals surface area contributed by atoms with Gasteiger partial charge in [-0.25, -0.2) is 0 Å². The zero-order chi connectivity index (χ0) is 17.2. The fraction of sp³-hybridized carbons (Fsp3) is 0.652. The van der Waals surface area contributed by atoms with Gasteiger partial charge < -0.3 is 10.1 Å². The zero-order valence-electron chi connectivity index (χ0n) is 15.8. The first-order valence-corrected chi connectivity index (χ1v) is 10.5. The van der Waals surface area contributed by atoms with Crippen molar-refractivity contribution in [3.63, 3.8) is 0 Å². The van der Waals surface area contributed by atoms with E-state index in [9.17, 15) is 0 Å². The largest absolute Gasteiger partial charge is 0.378 e. The van der Waals surface area contributed by atoms with E-state index < -0.39 is 0 Å². The van der Waals surface area contributed by atoms with Crippen LogP contribution in [0.15, 0.2) is 24.3 Å². The molecule has 1 aromatic carbocycles. The minimum atomic E-state index is 0.521. The van der Waals surface area contributed by atoms with Crippen molar-refractivity contribution < 1.29 is 4.74 Å². The highest BCUT2D eigenvalue weighted by molar-refractivity contribution is 5.60. The minimum Gasteiger partial charge on any atom is -0.378 e. The van der Waals surface area contributed by atoms with Crippen molar-refractivity contribution in [2.75, 3.05) is 19.7 Å². The second kappa shape index (κ2) is 10.8. The van der Waals surface area contributed by atoms with Gasteiger partial charge in [0.1, 0.15) is 0 Å². The third-order valence-corrected chi connectivity index (χ3v) is 5.64. The van der Waals surface area contributed by atoms with E-state index in [1.807, 2.05) is 0 Å². The summed E-state index contributed by atoms with van der Waals surface area (Å²) in [6.45, 7) is 3.38. The maximum absolute atomic E-state index is 6.13. The van der Waals surface area contributed by atoms with Crippen molar-refractivity contribution in [2.45, 2.75) is 76.7 Å². The van der Waals surface area contributed by atoms with Crippen LogP contribution in [0.25, 0.3) is 6.08 Å². The Hall–Kier alpha value is -1.12. The summed E-state index contributed by atoms with van der Waals surface area (Å²) in [5.74, 6) is 0. The van der Waals surface area contributed by atoms with Crippen molar-refractivity contribution in [1.29, 1.82) is 0 Å². The van der Waals surface area contributed by atoms with Crippen LogP contribution < -0.4 is 5.32 Å². The second-order valence-corrected chi connectivity index (χ2v) is 7.62. The topological polar surface area (TPSA) is 21.3 Å². The highest BCUT2D eigenvalue weighted by atomic mass is 16.5. The number of fused-ring (bicyclic) bond motifs is 1. The Morgan fingerprint density at radius 3 is 2.48 bits per heavy atom. The monoisotopic (exact) mass is 341 g/mol. The van der Waals surface area contributed by atoms with Gasteiger partial charge in [-0.15, -0.1) is 0 Å². The lowest BCUT2D eigenvalue weighted by Gasteiger charge is -2.18. The number of hydrogen-bond donors (Lipinski definition) is 1. The number of aryl methyl sites for hydroxylation is 1. The van der Waals surface area contributed by atoms with E-state index in [-0.39, 0.29) is 0 Å². The lowest BCUT2D eigenvalue weighted by molar-refractivity contribution is 0.0453. The van der Waals surface area contributed by atoms with E-state index in [0.29, 0.717) is 6.10 Å². The van der Waals surface area contributed by atoms with Crippen molar-refractivity contribution >= 4 is 6.08 Å². The van der Waals surface area contributed by atoms with Crippen LogP contribution in [0.4, 0.5) is 0 Å². The molecule has 0 bridgehead atoms. The van der Waals surface area contributed by atoms with E-state index in [1.54, 1.807) is 0 Å². The molecule has 2 nitrogen and oxygen atoms in total.